The highest BCUT2D eigenvalue weighted by molar-refractivity contribution is 6.03. The van der Waals surface area contributed by atoms with E-state index in [4.69, 9.17) is 4.74 Å². The summed E-state index contributed by atoms with van der Waals surface area (Å²) in [5.74, 6) is -2.88. The standard InChI is InChI=1S/C16H15NO7/c1-22-13-7-9-5-4-6-12(17(20)21)10(9)8-11(13)14(15(18)23-2)16(19)24-3/h4-8,14H,1-3H3. The predicted octanol–water partition coefficient (Wildman–Crippen LogP) is 2.19. The number of rotatable bonds is 5. The van der Waals surface area contributed by atoms with E-state index in [1.807, 2.05) is 0 Å². The third-order valence-corrected chi connectivity index (χ3v) is 3.59. The van der Waals surface area contributed by atoms with Crippen LogP contribution in [0.2, 0.25) is 0 Å². The Labute approximate surface area is 137 Å². The van der Waals surface area contributed by atoms with Gasteiger partial charge < -0.3 is 14.2 Å². The van der Waals surface area contributed by atoms with Crippen molar-refractivity contribution in [3.63, 3.8) is 0 Å². The van der Waals surface area contributed by atoms with Gasteiger partial charge >= 0.3 is 11.9 Å². The maximum absolute atomic E-state index is 12.0. The molecule has 0 unspecified atom stereocenters. The molecule has 126 valence electrons. The van der Waals surface area contributed by atoms with Crippen molar-refractivity contribution in [3.8, 4) is 5.75 Å². The summed E-state index contributed by atoms with van der Waals surface area (Å²) in [5, 5.41) is 12.0. The van der Waals surface area contributed by atoms with Gasteiger partial charge in [0, 0.05) is 11.6 Å². The second kappa shape index (κ2) is 6.95. The van der Waals surface area contributed by atoms with Crippen LogP contribution in [0.4, 0.5) is 5.69 Å². The van der Waals surface area contributed by atoms with E-state index in [0.29, 0.717) is 5.39 Å². The molecule has 0 spiro atoms. The van der Waals surface area contributed by atoms with Crippen LogP contribution in [0, 0.1) is 10.1 Å². The van der Waals surface area contributed by atoms with E-state index < -0.39 is 22.8 Å². The van der Waals surface area contributed by atoms with Gasteiger partial charge in [-0.05, 0) is 17.5 Å². The first-order valence-corrected chi connectivity index (χ1v) is 6.85. The van der Waals surface area contributed by atoms with Crippen molar-refractivity contribution >= 4 is 28.4 Å². The first kappa shape index (κ1) is 17.2. The van der Waals surface area contributed by atoms with Crippen molar-refractivity contribution in [1.29, 1.82) is 0 Å². The fourth-order valence-corrected chi connectivity index (χ4v) is 2.45. The summed E-state index contributed by atoms with van der Waals surface area (Å²) in [7, 11) is 3.64. The van der Waals surface area contributed by atoms with Crippen LogP contribution >= 0.6 is 0 Å². The quantitative estimate of drug-likeness (QED) is 0.357. The summed E-state index contributed by atoms with van der Waals surface area (Å²) >= 11 is 0. The molecule has 0 fully saturated rings. The van der Waals surface area contributed by atoms with E-state index >= 15 is 0 Å². The summed E-state index contributed by atoms with van der Waals surface area (Å²) in [6, 6.07) is 7.45. The lowest BCUT2D eigenvalue weighted by atomic mass is 9.94. The number of carbonyl (C=O) groups is 2. The minimum Gasteiger partial charge on any atom is -0.496 e. The van der Waals surface area contributed by atoms with Gasteiger partial charge in [0.25, 0.3) is 5.69 Å². The molecule has 0 aliphatic rings. The van der Waals surface area contributed by atoms with Crippen LogP contribution in [0.5, 0.6) is 5.75 Å². The third-order valence-electron chi connectivity index (χ3n) is 3.59. The summed E-state index contributed by atoms with van der Waals surface area (Å²) in [5.41, 5.74) is -0.0112. The van der Waals surface area contributed by atoms with Crippen molar-refractivity contribution in [2.75, 3.05) is 21.3 Å². The Kier molecular flexibility index (Phi) is 4.98. The molecular formula is C16H15NO7. The van der Waals surface area contributed by atoms with Gasteiger partial charge in [-0.1, -0.05) is 12.1 Å². The molecular weight excluding hydrogens is 318 g/mol. The molecule has 0 aliphatic heterocycles. The number of ether oxygens (including phenoxy) is 3. The number of fused-ring (bicyclic) bond motifs is 1. The number of nitro groups is 1. The number of non-ortho nitro benzene ring substituents is 1. The number of carbonyl (C=O) groups excluding carboxylic acids is 2. The Hall–Kier alpha value is -3.16. The Morgan fingerprint density at radius 3 is 2.21 bits per heavy atom. The Morgan fingerprint density at radius 1 is 1.08 bits per heavy atom. The fraction of sp³-hybridized carbons (Fsp3) is 0.250. The molecule has 0 aliphatic carbocycles. The van der Waals surface area contributed by atoms with Crippen molar-refractivity contribution in [2.45, 2.75) is 5.92 Å². The lowest BCUT2D eigenvalue weighted by molar-refractivity contribution is -0.383. The fourth-order valence-electron chi connectivity index (χ4n) is 2.45. The molecule has 8 nitrogen and oxygen atoms in total. The number of hydrogen-bond donors (Lipinski definition) is 0. The lowest BCUT2D eigenvalue weighted by Crippen LogP contribution is -2.25. The summed E-state index contributed by atoms with van der Waals surface area (Å²) < 4.78 is 14.5. The SMILES string of the molecule is COC(=O)C(C(=O)OC)c1cc2c([N+](=O)[O-])cccc2cc1OC. The molecule has 0 saturated carbocycles. The van der Waals surface area contributed by atoms with Crippen LogP contribution in [-0.4, -0.2) is 38.2 Å². The number of nitro benzene ring substituents is 1. The van der Waals surface area contributed by atoms with Gasteiger partial charge in [0.15, 0.2) is 5.92 Å². The molecule has 8 heteroatoms. The normalized spacial score (nSPS) is 10.5. The molecule has 0 bridgehead atoms. The summed E-state index contributed by atoms with van der Waals surface area (Å²) in [6.45, 7) is 0. The van der Waals surface area contributed by atoms with Crippen LogP contribution < -0.4 is 4.74 Å². The van der Waals surface area contributed by atoms with Crippen LogP contribution in [0.3, 0.4) is 0 Å². The zero-order valence-corrected chi connectivity index (χ0v) is 13.3. The van der Waals surface area contributed by atoms with Crippen LogP contribution in [0.25, 0.3) is 10.8 Å². The number of hydrogen-bond acceptors (Lipinski definition) is 7. The highest BCUT2D eigenvalue weighted by Crippen LogP contribution is 2.36. The van der Waals surface area contributed by atoms with Gasteiger partial charge in [0.2, 0.25) is 0 Å². The first-order chi connectivity index (χ1) is 11.4. The largest absolute Gasteiger partial charge is 0.496 e. The molecule has 0 atom stereocenters. The van der Waals surface area contributed by atoms with Crippen LogP contribution in [-0.2, 0) is 19.1 Å². The molecule has 2 rings (SSSR count). The molecule has 2 aromatic rings. The molecule has 0 heterocycles. The Balaban J connectivity index is 2.79. The molecule has 0 aromatic heterocycles. The number of nitrogens with zero attached hydrogens (tertiary/aromatic N) is 1. The van der Waals surface area contributed by atoms with Crippen molar-refractivity contribution in [3.05, 3.63) is 46.0 Å². The minimum atomic E-state index is -1.40. The van der Waals surface area contributed by atoms with Gasteiger partial charge in [-0.3, -0.25) is 19.7 Å². The van der Waals surface area contributed by atoms with Gasteiger partial charge in [0.05, 0.1) is 31.6 Å². The number of esters is 2. The topological polar surface area (TPSA) is 105 Å². The molecule has 0 radical (unpaired) electrons. The zero-order chi connectivity index (χ0) is 17.9. The van der Waals surface area contributed by atoms with E-state index in [9.17, 15) is 19.7 Å². The minimum absolute atomic E-state index is 0.137. The third kappa shape index (κ3) is 2.98. The van der Waals surface area contributed by atoms with Crippen molar-refractivity contribution in [1.82, 2.24) is 0 Å². The predicted molar refractivity (Wildman–Crippen MR) is 83.9 cm³/mol. The number of methoxy groups -OCH3 is 3. The second-order valence-corrected chi connectivity index (χ2v) is 4.83. The van der Waals surface area contributed by atoms with Crippen molar-refractivity contribution < 1.29 is 28.7 Å². The monoisotopic (exact) mass is 333 g/mol. The molecule has 2 aromatic carbocycles. The second-order valence-electron chi connectivity index (χ2n) is 4.83. The first-order valence-electron chi connectivity index (χ1n) is 6.85. The maximum atomic E-state index is 12.0. The summed E-state index contributed by atoms with van der Waals surface area (Å²) in [4.78, 5) is 34.7. The van der Waals surface area contributed by atoms with Crippen molar-refractivity contribution in [2.24, 2.45) is 0 Å². The Morgan fingerprint density at radius 2 is 1.71 bits per heavy atom. The average molecular weight is 333 g/mol. The average Bonchev–Trinajstić information content (AvgIpc) is 2.59. The van der Waals surface area contributed by atoms with E-state index in [1.165, 1.54) is 31.4 Å². The highest BCUT2D eigenvalue weighted by Gasteiger charge is 2.34. The van der Waals surface area contributed by atoms with Gasteiger partial charge in [-0.15, -0.1) is 0 Å². The molecule has 24 heavy (non-hydrogen) atoms. The van der Waals surface area contributed by atoms with Crippen LogP contribution in [0.1, 0.15) is 11.5 Å². The molecule has 0 N–H and O–H groups in total. The molecule has 0 amide bonds. The maximum Gasteiger partial charge on any atom is 0.324 e. The lowest BCUT2D eigenvalue weighted by Gasteiger charge is -2.17. The smallest absolute Gasteiger partial charge is 0.324 e. The Bertz CT molecular complexity index is 799. The number of benzene rings is 2. The van der Waals surface area contributed by atoms with Crippen LogP contribution in [0.15, 0.2) is 30.3 Å². The zero-order valence-electron chi connectivity index (χ0n) is 13.3. The van der Waals surface area contributed by atoms with Gasteiger partial charge in [0.1, 0.15) is 5.75 Å². The molecule has 0 saturated heterocycles. The van der Waals surface area contributed by atoms with E-state index in [2.05, 4.69) is 9.47 Å². The summed E-state index contributed by atoms with van der Waals surface area (Å²) in [6.07, 6.45) is 0. The van der Waals surface area contributed by atoms with Gasteiger partial charge in [-0.2, -0.15) is 0 Å². The van der Waals surface area contributed by atoms with E-state index in [1.54, 1.807) is 6.07 Å². The van der Waals surface area contributed by atoms with E-state index in [0.717, 1.165) is 14.2 Å². The van der Waals surface area contributed by atoms with Gasteiger partial charge in [-0.25, -0.2) is 0 Å². The van der Waals surface area contributed by atoms with E-state index in [-0.39, 0.29) is 22.4 Å². The highest BCUT2D eigenvalue weighted by atomic mass is 16.6.